The molecule has 3 rings (SSSR count). The number of aromatic nitrogens is 1. The van der Waals surface area contributed by atoms with Gasteiger partial charge < -0.3 is 4.57 Å². The third-order valence-electron chi connectivity index (χ3n) is 3.53. The number of hydrogen-bond donors (Lipinski definition) is 0. The van der Waals surface area contributed by atoms with Gasteiger partial charge in [-0.1, -0.05) is 35.6 Å². The van der Waals surface area contributed by atoms with E-state index in [0.717, 1.165) is 22.3 Å². The van der Waals surface area contributed by atoms with Gasteiger partial charge in [0.25, 0.3) is 5.91 Å². The van der Waals surface area contributed by atoms with Crippen molar-refractivity contribution < 1.29 is 18.0 Å². The Hall–Kier alpha value is -2.67. The number of thiazole rings is 1. The molecule has 0 aliphatic carbocycles. The highest BCUT2D eigenvalue weighted by molar-refractivity contribution is 7.16. The molecule has 2 aromatic carbocycles. The Morgan fingerprint density at radius 1 is 1.20 bits per heavy atom. The minimum Gasteiger partial charge on any atom is -0.312 e. The van der Waals surface area contributed by atoms with Crippen LogP contribution in [0.25, 0.3) is 10.2 Å². The van der Waals surface area contributed by atoms with Gasteiger partial charge >= 0.3 is 6.18 Å². The zero-order valence-electron chi connectivity index (χ0n) is 13.0. The lowest BCUT2D eigenvalue weighted by Crippen LogP contribution is -2.16. The number of amides is 1. The molecule has 25 heavy (non-hydrogen) atoms. The number of halogens is 3. The van der Waals surface area contributed by atoms with Crippen LogP contribution in [-0.4, -0.2) is 10.5 Å². The van der Waals surface area contributed by atoms with Crippen molar-refractivity contribution in [1.29, 1.82) is 0 Å². The first-order chi connectivity index (χ1) is 11.9. The highest BCUT2D eigenvalue weighted by Gasteiger charge is 2.30. The molecule has 0 fully saturated rings. The van der Waals surface area contributed by atoms with E-state index in [0.29, 0.717) is 11.3 Å². The second-order valence-corrected chi connectivity index (χ2v) is 6.26. The van der Waals surface area contributed by atoms with Crippen molar-refractivity contribution in [2.75, 3.05) is 0 Å². The van der Waals surface area contributed by atoms with Crippen LogP contribution < -0.4 is 4.80 Å². The second kappa shape index (κ2) is 6.68. The van der Waals surface area contributed by atoms with E-state index in [1.807, 2.05) is 24.3 Å². The van der Waals surface area contributed by atoms with Gasteiger partial charge in [-0.2, -0.15) is 18.2 Å². The van der Waals surface area contributed by atoms with Crippen LogP contribution in [0.5, 0.6) is 0 Å². The van der Waals surface area contributed by atoms with Gasteiger partial charge in [0.15, 0.2) is 4.80 Å². The summed E-state index contributed by atoms with van der Waals surface area (Å²) in [5, 5.41) is 0. The predicted octanol–water partition coefficient (Wildman–Crippen LogP) is 4.65. The Bertz CT molecular complexity index is 1010. The Morgan fingerprint density at radius 3 is 2.68 bits per heavy atom. The van der Waals surface area contributed by atoms with Crippen LogP contribution in [0, 0.1) is 0 Å². The van der Waals surface area contributed by atoms with Crippen LogP contribution in [0.15, 0.2) is 66.2 Å². The van der Waals surface area contributed by atoms with Gasteiger partial charge in [0.05, 0.1) is 15.8 Å². The van der Waals surface area contributed by atoms with Crippen LogP contribution in [0.4, 0.5) is 13.2 Å². The molecule has 3 aromatic rings. The summed E-state index contributed by atoms with van der Waals surface area (Å²) in [6.45, 7) is 4.13. The lowest BCUT2D eigenvalue weighted by molar-refractivity contribution is -0.137. The van der Waals surface area contributed by atoms with E-state index in [2.05, 4.69) is 11.6 Å². The number of alkyl halides is 3. The van der Waals surface area contributed by atoms with Crippen LogP contribution in [0.2, 0.25) is 0 Å². The number of nitrogens with zero attached hydrogens (tertiary/aromatic N) is 2. The van der Waals surface area contributed by atoms with Crippen LogP contribution in [0.1, 0.15) is 15.9 Å². The van der Waals surface area contributed by atoms with Crippen LogP contribution >= 0.6 is 11.3 Å². The van der Waals surface area contributed by atoms with E-state index in [1.165, 1.54) is 23.5 Å². The molecule has 0 saturated carbocycles. The quantitative estimate of drug-likeness (QED) is 0.625. The van der Waals surface area contributed by atoms with Crippen LogP contribution in [-0.2, 0) is 12.7 Å². The van der Waals surface area contributed by atoms with Crippen molar-refractivity contribution in [2.45, 2.75) is 12.7 Å². The average molecular weight is 362 g/mol. The number of carbonyl (C=O) groups excluding carboxylic acids is 1. The molecule has 0 spiro atoms. The largest absolute Gasteiger partial charge is 0.416 e. The Morgan fingerprint density at radius 2 is 1.96 bits per heavy atom. The lowest BCUT2D eigenvalue weighted by Gasteiger charge is -2.06. The first kappa shape index (κ1) is 17.2. The summed E-state index contributed by atoms with van der Waals surface area (Å²) in [4.78, 5) is 16.8. The Balaban J connectivity index is 2.09. The molecule has 1 aromatic heterocycles. The zero-order valence-corrected chi connectivity index (χ0v) is 13.8. The fourth-order valence-electron chi connectivity index (χ4n) is 2.39. The maximum Gasteiger partial charge on any atom is 0.416 e. The molecule has 0 bridgehead atoms. The normalized spacial score (nSPS) is 12.5. The molecule has 1 amide bonds. The molecular weight excluding hydrogens is 349 g/mol. The maximum absolute atomic E-state index is 12.8. The van der Waals surface area contributed by atoms with Crippen molar-refractivity contribution in [3.63, 3.8) is 0 Å². The smallest absolute Gasteiger partial charge is 0.312 e. The van der Waals surface area contributed by atoms with Crippen molar-refractivity contribution in [3.8, 4) is 0 Å². The number of carbonyl (C=O) groups is 1. The van der Waals surface area contributed by atoms with Gasteiger partial charge in [-0.15, -0.1) is 6.58 Å². The van der Waals surface area contributed by atoms with Crippen molar-refractivity contribution >= 4 is 27.5 Å². The van der Waals surface area contributed by atoms with E-state index >= 15 is 0 Å². The topological polar surface area (TPSA) is 34.4 Å². The SMILES string of the molecule is C=CCn1c(=NC(=O)c2cccc(C(F)(F)F)c2)sc2ccccc21. The monoisotopic (exact) mass is 362 g/mol. The number of hydrogen-bond acceptors (Lipinski definition) is 2. The van der Waals surface area contributed by atoms with E-state index in [1.54, 1.807) is 10.6 Å². The number of para-hydroxylation sites is 1. The zero-order chi connectivity index (χ0) is 18.0. The molecule has 0 aliphatic rings. The summed E-state index contributed by atoms with van der Waals surface area (Å²) < 4.78 is 41.2. The van der Waals surface area contributed by atoms with Gasteiger partial charge in [0.1, 0.15) is 0 Å². The van der Waals surface area contributed by atoms with E-state index in [-0.39, 0.29) is 5.56 Å². The standard InChI is InChI=1S/C18H13F3N2OS/c1-2-10-23-14-8-3-4-9-15(14)25-17(23)22-16(24)12-6-5-7-13(11-12)18(19,20)21/h2-9,11H,1,10H2. The van der Waals surface area contributed by atoms with E-state index in [4.69, 9.17) is 0 Å². The summed E-state index contributed by atoms with van der Waals surface area (Å²) in [6.07, 6.45) is -2.83. The molecule has 0 saturated heterocycles. The minimum atomic E-state index is -4.50. The molecule has 0 aliphatic heterocycles. The average Bonchev–Trinajstić information content (AvgIpc) is 2.92. The van der Waals surface area contributed by atoms with Gasteiger partial charge in [-0.3, -0.25) is 4.79 Å². The fourth-order valence-corrected chi connectivity index (χ4v) is 3.43. The summed E-state index contributed by atoms with van der Waals surface area (Å²) >= 11 is 1.30. The highest BCUT2D eigenvalue weighted by Crippen LogP contribution is 2.29. The number of fused-ring (bicyclic) bond motifs is 1. The molecule has 7 heteroatoms. The van der Waals surface area contributed by atoms with Crippen molar-refractivity contribution in [2.24, 2.45) is 4.99 Å². The molecule has 0 radical (unpaired) electrons. The molecule has 128 valence electrons. The molecule has 0 N–H and O–H groups in total. The van der Waals surface area contributed by atoms with E-state index in [9.17, 15) is 18.0 Å². The van der Waals surface area contributed by atoms with Gasteiger partial charge in [-0.25, -0.2) is 0 Å². The van der Waals surface area contributed by atoms with Crippen molar-refractivity contribution in [3.05, 3.63) is 77.1 Å². The second-order valence-electron chi connectivity index (χ2n) is 5.25. The molecular formula is C18H13F3N2OS. The first-order valence-electron chi connectivity index (χ1n) is 7.36. The molecule has 0 unspecified atom stereocenters. The number of rotatable bonds is 3. The van der Waals surface area contributed by atoms with Gasteiger partial charge in [0, 0.05) is 12.1 Å². The third kappa shape index (κ3) is 3.56. The summed E-state index contributed by atoms with van der Waals surface area (Å²) in [7, 11) is 0. The van der Waals surface area contributed by atoms with Crippen molar-refractivity contribution in [1.82, 2.24) is 4.57 Å². The van der Waals surface area contributed by atoms with Crippen LogP contribution in [0.3, 0.4) is 0 Å². The first-order valence-corrected chi connectivity index (χ1v) is 8.17. The summed E-state index contributed by atoms with van der Waals surface area (Å²) in [5.41, 5.74) is -0.0794. The summed E-state index contributed by atoms with van der Waals surface area (Å²) in [5.74, 6) is -0.713. The fraction of sp³-hybridized carbons (Fsp3) is 0.111. The minimum absolute atomic E-state index is 0.0996. The third-order valence-corrected chi connectivity index (χ3v) is 4.59. The lowest BCUT2D eigenvalue weighted by atomic mass is 10.1. The highest BCUT2D eigenvalue weighted by atomic mass is 32.1. The Labute approximate surface area is 145 Å². The van der Waals surface area contributed by atoms with E-state index < -0.39 is 17.6 Å². The number of benzene rings is 2. The summed E-state index contributed by atoms with van der Waals surface area (Å²) in [6, 6.07) is 11.8. The Kier molecular flexibility index (Phi) is 4.59. The maximum atomic E-state index is 12.8. The van der Waals surface area contributed by atoms with Gasteiger partial charge in [0.2, 0.25) is 0 Å². The molecule has 1 heterocycles. The molecule has 0 atom stereocenters. The van der Waals surface area contributed by atoms with Gasteiger partial charge in [-0.05, 0) is 30.3 Å². The number of allylic oxidation sites excluding steroid dienone is 1. The molecule has 3 nitrogen and oxygen atoms in total. The predicted molar refractivity (Wildman–Crippen MR) is 91.3 cm³/mol.